The van der Waals surface area contributed by atoms with Crippen LogP contribution >= 0.6 is 23.1 Å². The standard InChI is InChI=1S/C17H15FN4O2S2/c1-2-19-17(24)22-14(23)8-25-16-15-12(20-9-21-16)7-13(26-15)10-3-5-11(18)6-4-10/h3-7,9H,2,8H2,1H3,(H2,19,22,23,24). The van der Waals surface area contributed by atoms with E-state index >= 15 is 0 Å². The SMILES string of the molecule is CCNC(=O)NC(=O)CSc1ncnc2cc(-c3ccc(F)cc3)sc12. The highest BCUT2D eigenvalue weighted by atomic mass is 32.2. The number of urea groups is 1. The number of aromatic nitrogens is 2. The van der Waals surface area contributed by atoms with Crippen molar-refractivity contribution in [3.8, 4) is 10.4 Å². The Labute approximate surface area is 157 Å². The molecule has 0 aliphatic heterocycles. The van der Waals surface area contributed by atoms with E-state index in [-0.39, 0.29) is 11.6 Å². The molecule has 134 valence electrons. The maximum atomic E-state index is 13.1. The number of hydrogen-bond donors (Lipinski definition) is 2. The number of thiophene rings is 1. The van der Waals surface area contributed by atoms with Crippen molar-refractivity contribution in [2.45, 2.75) is 11.9 Å². The second-order valence-corrected chi connectivity index (χ2v) is 7.22. The number of nitrogens with zero attached hydrogens (tertiary/aromatic N) is 2. The minimum atomic E-state index is -0.513. The van der Waals surface area contributed by atoms with Gasteiger partial charge in [0.2, 0.25) is 5.91 Å². The molecule has 0 spiro atoms. The van der Waals surface area contributed by atoms with Crippen LogP contribution in [0.1, 0.15) is 6.92 Å². The average molecular weight is 390 g/mol. The molecule has 0 saturated heterocycles. The Morgan fingerprint density at radius 3 is 2.73 bits per heavy atom. The largest absolute Gasteiger partial charge is 0.338 e. The van der Waals surface area contributed by atoms with Gasteiger partial charge in [0.15, 0.2) is 0 Å². The molecular formula is C17H15FN4O2S2. The summed E-state index contributed by atoms with van der Waals surface area (Å²) in [5.41, 5.74) is 1.65. The first-order valence-corrected chi connectivity index (χ1v) is 9.58. The third kappa shape index (κ3) is 4.36. The third-order valence-corrected chi connectivity index (χ3v) is 5.64. The van der Waals surface area contributed by atoms with Crippen LogP contribution < -0.4 is 10.6 Å². The second kappa shape index (κ2) is 8.24. The number of hydrogen-bond acceptors (Lipinski definition) is 6. The lowest BCUT2D eigenvalue weighted by molar-refractivity contribution is -0.117. The molecule has 0 aliphatic rings. The van der Waals surface area contributed by atoms with E-state index in [0.717, 1.165) is 20.7 Å². The number of nitrogens with one attached hydrogen (secondary N) is 2. The van der Waals surface area contributed by atoms with Crippen molar-refractivity contribution < 1.29 is 14.0 Å². The highest BCUT2D eigenvalue weighted by Crippen LogP contribution is 2.36. The molecule has 3 amide bonds. The zero-order chi connectivity index (χ0) is 18.5. The Kier molecular flexibility index (Phi) is 5.79. The first-order chi connectivity index (χ1) is 12.6. The lowest BCUT2D eigenvalue weighted by Crippen LogP contribution is -2.40. The van der Waals surface area contributed by atoms with E-state index in [1.54, 1.807) is 19.1 Å². The van der Waals surface area contributed by atoms with Crippen LogP contribution in [0.25, 0.3) is 20.7 Å². The number of fused-ring (bicyclic) bond motifs is 1. The van der Waals surface area contributed by atoms with Crippen LogP contribution in [-0.2, 0) is 4.79 Å². The fraction of sp³-hybridized carbons (Fsp3) is 0.176. The Hall–Kier alpha value is -2.52. The van der Waals surface area contributed by atoms with Gasteiger partial charge in [-0.05, 0) is 30.7 Å². The lowest BCUT2D eigenvalue weighted by Gasteiger charge is -2.04. The number of carbonyl (C=O) groups is 2. The van der Waals surface area contributed by atoms with E-state index in [1.807, 2.05) is 6.07 Å². The molecule has 2 heterocycles. The Bertz CT molecular complexity index is 944. The highest BCUT2D eigenvalue weighted by Gasteiger charge is 2.13. The van der Waals surface area contributed by atoms with Gasteiger partial charge in [0.1, 0.15) is 17.2 Å². The maximum absolute atomic E-state index is 13.1. The van der Waals surface area contributed by atoms with E-state index in [9.17, 15) is 14.0 Å². The molecule has 0 aliphatic carbocycles. The Morgan fingerprint density at radius 1 is 1.23 bits per heavy atom. The topological polar surface area (TPSA) is 84.0 Å². The summed E-state index contributed by atoms with van der Waals surface area (Å²) in [7, 11) is 0. The molecule has 0 radical (unpaired) electrons. The van der Waals surface area contributed by atoms with Crippen molar-refractivity contribution in [3.05, 3.63) is 42.5 Å². The van der Waals surface area contributed by atoms with Gasteiger partial charge in [-0.1, -0.05) is 23.9 Å². The van der Waals surface area contributed by atoms with Crippen molar-refractivity contribution in [3.63, 3.8) is 0 Å². The van der Waals surface area contributed by atoms with E-state index in [4.69, 9.17) is 0 Å². The van der Waals surface area contributed by atoms with Crippen molar-refractivity contribution in [1.29, 1.82) is 0 Å². The smallest absolute Gasteiger partial charge is 0.321 e. The average Bonchev–Trinajstić information content (AvgIpc) is 3.05. The number of thioether (sulfide) groups is 1. The van der Waals surface area contributed by atoms with Crippen LogP contribution in [0, 0.1) is 5.82 Å². The first kappa shape index (κ1) is 18.3. The van der Waals surface area contributed by atoms with E-state index < -0.39 is 11.9 Å². The van der Waals surface area contributed by atoms with Gasteiger partial charge in [-0.2, -0.15) is 0 Å². The first-order valence-electron chi connectivity index (χ1n) is 7.77. The van der Waals surface area contributed by atoms with Crippen LogP contribution in [0.3, 0.4) is 0 Å². The van der Waals surface area contributed by atoms with Crippen LogP contribution in [0.5, 0.6) is 0 Å². The maximum Gasteiger partial charge on any atom is 0.321 e. The number of halogens is 1. The minimum Gasteiger partial charge on any atom is -0.338 e. The van der Waals surface area contributed by atoms with Crippen LogP contribution in [0.2, 0.25) is 0 Å². The summed E-state index contributed by atoms with van der Waals surface area (Å²) in [5, 5.41) is 5.42. The number of amides is 3. The number of carbonyl (C=O) groups excluding carboxylic acids is 2. The highest BCUT2D eigenvalue weighted by molar-refractivity contribution is 8.00. The van der Waals surface area contributed by atoms with Crippen molar-refractivity contribution in [2.75, 3.05) is 12.3 Å². The van der Waals surface area contributed by atoms with Crippen molar-refractivity contribution in [2.24, 2.45) is 0 Å². The van der Waals surface area contributed by atoms with Crippen molar-refractivity contribution in [1.82, 2.24) is 20.6 Å². The molecule has 1 aromatic carbocycles. The van der Waals surface area contributed by atoms with Gasteiger partial charge in [0, 0.05) is 11.4 Å². The summed E-state index contributed by atoms with van der Waals surface area (Å²) in [6, 6.07) is 7.63. The van der Waals surface area contributed by atoms with Gasteiger partial charge in [0.25, 0.3) is 0 Å². The third-order valence-electron chi connectivity index (χ3n) is 3.34. The minimum absolute atomic E-state index is 0.0625. The predicted octanol–water partition coefficient (Wildman–Crippen LogP) is 3.44. The quantitative estimate of drug-likeness (QED) is 0.515. The van der Waals surface area contributed by atoms with Gasteiger partial charge in [-0.15, -0.1) is 11.3 Å². The normalized spacial score (nSPS) is 10.7. The van der Waals surface area contributed by atoms with Gasteiger partial charge < -0.3 is 5.32 Å². The molecule has 2 N–H and O–H groups in total. The molecule has 0 unspecified atom stereocenters. The van der Waals surface area contributed by atoms with Gasteiger partial charge >= 0.3 is 6.03 Å². The molecular weight excluding hydrogens is 375 g/mol. The summed E-state index contributed by atoms with van der Waals surface area (Å²) < 4.78 is 13.9. The molecule has 2 aromatic heterocycles. The van der Waals surface area contributed by atoms with E-state index in [0.29, 0.717) is 11.6 Å². The fourth-order valence-electron chi connectivity index (χ4n) is 2.19. The summed E-state index contributed by atoms with van der Waals surface area (Å²) >= 11 is 2.71. The molecule has 0 bridgehead atoms. The summed E-state index contributed by atoms with van der Waals surface area (Å²) in [5.74, 6) is -0.625. The van der Waals surface area contributed by atoms with E-state index in [2.05, 4.69) is 20.6 Å². The van der Waals surface area contributed by atoms with E-state index in [1.165, 1.54) is 41.6 Å². The summed E-state index contributed by atoms with van der Waals surface area (Å²) in [6.45, 7) is 2.21. The Balaban J connectivity index is 1.76. The molecule has 26 heavy (non-hydrogen) atoms. The molecule has 3 rings (SSSR count). The van der Waals surface area contributed by atoms with Crippen molar-refractivity contribution >= 4 is 45.3 Å². The molecule has 3 aromatic rings. The monoisotopic (exact) mass is 390 g/mol. The number of benzene rings is 1. The predicted molar refractivity (Wildman–Crippen MR) is 101 cm³/mol. The molecule has 0 atom stereocenters. The molecule has 0 saturated carbocycles. The lowest BCUT2D eigenvalue weighted by atomic mass is 10.2. The second-order valence-electron chi connectivity index (χ2n) is 5.21. The summed E-state index contributed by atoms with van der Waals surface area (Å²) in [6.07, 6.45) is 1.44. The summed E-state index contributed by atoms with van der Waals surface area (Å²) in [4.78, 5) is 32.6. The fourth-order valence-corrected chi connectivity index (χ4v) is 4.19. The number of imide groups is 1. The van der Waals surface area contributed by atoms with Crippen LogP contribution in [0.15, 0.2) is 41.7 Å². The van der Waals surface area contributed by atoms with Gasteiger partial charge in [0.05, 0.1) is 16.0 Å². The van der Waals surface area contributed by atoms with Crippen LogP contribution in [-0.4, -0.2) is 34.2 Å². The number of rotatable bonds is 5. The zero-order valence-electron chi connectivity index (χ0n) is 13.8. The molecule has 6 nitrogen and oxygen atoms in total. The Morgan fingerprint density at radius 2 is 2.00 bits per heavy atom. The molecule has 9 heteroatoms. The van der Waals surface area contributed by atoms with Gasteiger partial charge in [-0.25, -0.2) is 19.2 Å². The van der Waals surface area contributed by atoms with Gasteiger partial charge in [-0.3, -0.25) is 10.1 Å². The zero-order valence-corrected chi connectivity index (χ0v) is 15.4. The van der Waals surface area contributed by atoms with Crippen LogP contribution in [0.4, 0.5) is 9.18 Å². The molecule has 0 fully saturated rings.